The maximum absolute atomic E-state index is 13.3. The summed E-state index contributed by atoms with van der Waals surface area (Å²) in [4.78, 5) is 28.1. The number of amides is 1. The minimum Gasteiger partial charge on any atom is -0.507 e. The molecule has 6 heteroatoms. The van der Waals surface area contributed by atoms with Crippen molar-refractivity contribution in [1.82, 2.24) is 4.90 Å². The third-order valence-corrected chi connectivity index (χ3v) is 6.53. The van der Waals surface area contributed by atoms with E-state index >= 15 is 0 Å². The van der Waals surface area contributed by atoms with E-state index in [9.17, 15) is 14.7 Å². The molecule has 1 aliphatic heterocycles. The number of ether oxygens (including phenoxy) is 1. The second-order valence-electron chi connectivity index (χ2n) is 8.35. The zero-order valence-electron chi connectivity index (χ0n) is 18.9. The van der Waals surface area contributed by atoms with Gasteiger partial charge in [-0.05, 0) is 40.6 Å². The Bertz CT molecular complexity index is 1480. The van der Waals surface area contributed by atoms with E-state index < -0.39 is 17.7 Å². The number of nitrogens with zero attached hydrogens (tertiary/aromatic N) is 1. The van der Waals surface area contributed by atoms with E-state index in [1.807, 2.05) is 54.6 Å². The molecule has 1 aliphatic rings. The molecule has 35 heavy (non-hydrogen) atoms. The third-order valence-electron chi connectivity index (χ3n) is 6.28. The Morgan fingerprint density at radius 1 is 0.914 bits per heavy atom. The molecule has 0 radical (unpaired) electrons. The van der Waals surface area contributed by atoms with Gasteiger partial charge in [-0.3, -0.25) is 9.59 Å². The number of para-hydroxylation sites is 1. The van der Waals surface area contributed by atoms with Gasteiger partial charge in [0.25, 0.3) is 11.7 Å². The number of methoxy groups -OCH3 is 1. The quantitative estimate of drug-likeness (QED) is 0.211. The molecule has 4 aromatic carbocycles. The monoisotopic (exact) mass is 483 g/mol. The fourth-order valence-electron chi connectivity index (χ4n) is 4.54. The fourth-order valence-corrected chi connectivity index (χ4v) is 4.67. The van der Waals surface area contributed by atoms with Gasteiger partial charge in [0.2, 0.25) is 0 Å². The fraction of sp³-hybridized carbons (Fsp3) is 0.103. The van der Waals surface area contributed by atoms with Crippen LogP contribution in [0.25, 0.3) is 16.5 Å². The summed E-state index contributed by atoms with van der Waals surface area (Å²) < 4.78 is 5.46. The number of hydrogen-bond acceptors (Lipinski definition) is 4. The Morgan fingerprint density at radius 2 is 1.60 bits per heavy atom. The lowest BCUT2D eigenvalue weighted by Gasteiger charge is -2.26. The van der Waals surface area contributed by atoms with Crippen molar-refractivity contribution in [2.24, 2.45) is 0 Å². The van der Waals surface area contributed by atoms with Crippen molar-refractivity contribution in [2.75, 3.05) is 7.11 Å². The molecule has 1 fully saturated rings. The third kappa shape index (κ3) is 4.15. The number of benzene rings is 4. The van der Waals surface area contributed by atoms with E-state index in [1.54, 1.807) is 43.5 Å². The first-order chi connectivity index (χ1) is 17.0. The van der Waals surface area contributed by atoms with Crippen molar-refractivity contribution in [3.8, 4) is 5.75 Å². The highest BCUT2D eigenvalue weighted by atomic mass is 35.5. The number of hydrogen-bond donors (Lipinski definition) is 1. The number of rotatable bonds is 5. The first-order valence-corrected chi connectivity index (χ1v) is 11.5. The van der Waals surface area contributed by atoms with Gasteiger partial charge in [0.1, 0.15) is 11.5 Å². The second kappa shape index (κ2) is 9.28. The minimum atomic E-state index is -0.788. The van der Waals surface area contributed by atoms with E-state index in [1.165, 1.54) is 4.90 Å². The summed E-state index contributed by atoms with van der Waals surface area (Å²) in [5, 5.41) is 13.8. The molecule has 4 aromatic rings. The summed E-state index contributed by atoms with van der Waals surface area (Å²) in [6.07, 6.45) is 0. The summed E-state index contributed by atoms with van der Waals surface area (Å²) in [5.74, 6) is -1.01. The van der Waals surface area contributed by atoms with Crippen LogP contribution in [-0.4, -0.2) is 28.8 Å². The molecule has 0 bridgehead atoms. The molecule has 5 rings (SSSR count). The van der Waals surface area contributed by atoms with Gasteiger partial charge in [-0.15, -0.1) is 0 Å². The number of aliphatic hydroxyl groups excluding tert-OH is 1. The molecule has 0 spiro atoms. The first kappa shape index (κ1) is 22.7. The summed E-state index contributed by atoms with van der Waals surface area (Å²) in [7, 11) is 1.56. The van der Waals surface area contributed by atoms with Crippen LogP contribution in [0.5, 0.6) is 5.75 Å². The summed E-state index contributed by atoms with van der Waals surface area (Å²) in [6.45, 7) is 0.135. The molecule has 0 aliphatic carbocycles. The van der Waals surface area contributed by atoms with Crippen LogP contribution in [0.1, 0.15) is 22.7 Å². The molecule has 1 heterocycles. The molecule has 1 N–H and O–H groups in total. The average molecular weight is 484 g/mol. The van der Waals surface area contributed by atoms with Crippen LogP contribution in [-0.2, 0) is 16.1 Å². The van der Waals surface area contributed by atoms with Crippen LogP contribution < -0.4 is 4.74 Å². The molecule has 1 saturated heterocycles. The Hall–Kier alpha value is -4.09. The number of carbonyl (C=O) groups excluding carboxylic acids is 2. The highest BCUT2D eigenvalue weighted by Gasteiger charge is 2.46. The first-order valence-electron chi connectivity index (χ1n) is 11.1. The molecule has 0 aromatic heterocycles. The molecular weight excluding hydrogens is 462 g/mol. The number of carbonyl (C=O) groups is 2. The van der Waals surface area contributed by atoms with Crippen molar-refractivity contribution in [1.29, 1.82) is 0 Å². The van der Waals surface area contributed by atoms with Crippen molar-refractivity contribution in [3.63, 3.8) is 0 Å². The van der Waals surface area contributed by atoms with Gasteiger partial charge in [0.05, 0.1) is 25.3 Å². The topological polar surface area (TPSA) is 66.8 Å². The zero-order valence-corrected chi connectivity index (χ0v) is 19.7. The van der Waals surface area contributed by atoms with Gasteiger partial charge in [-0.2, -0.15) is 0 Å². The van der Waals surface area contributed by atoms with E-state index in [-0.39, 0.29) is 17.9 Å². The van der Waals surface area contributed by atoms with Crippen molar-refractivity contribution < 1.29 is 19.4 Å². The van der Waals surface area contributed by atoms with E-state index in [4.69, 9.17) is 16.3 Å². The standard InChI is InChI=1S/C29H22ClNO4/c1-35-24-9-5-4-8-22(24)17-31-26(19-12-14-23(30)15-13-19)25(28(33)29(31)34)27(32)21-11-10-18-6-2-3-7-20(18)16-21/h2-16,26,32H,17H2,1H3/b27-25-. The Morgan fingerprint density at radius 3 is 2.34 bits per heavy atom. The summed E-state index contributed by atoms with van der Waals surface area (Å²) in [6, 6.07) is 26.7. The van der Waals surface area contributed by atoms with Gasteiger partial charge >= 0.3 is 0 Å². The summed E-state index contributed by atoms with van der Waals surface area (Å²) >= 11 is 6.11. The average Bonchev–Trinajstić information content (AvgIpc) is 3.13. The Balaban J connectivity index is 1.66. The number of fused-ring (bicyclic) bond motifs is 1. The van der Waals surface area contributed by atoms with Crippen LogP contribution in [0, 0.1) is 0 Å². The van der Waals surface area contributed by atoms with Crippen molar-refractivity contribution in [2.45, 2.75) is 12.6 Å². The zero-order chi connectivity index (χ0) is 24.5. The normalized spacial score (nSPS) is 17.2. The maximum Gasteiger partial charge on any atom is 0.295 e. The van der Waals surface area contributed by atoms with E-state index in [0.29, 0.717) is 21.9 Å². The van der Waals surface area contributed by atoms with Gasteiger partial charge in [-0.1, -0.05) is 78.3 Å². The van der Waals surface area contributed by atoms with Crippen molar-refractivity contribution >= 4 is 39.8 Å². The number of aliphatic hydroxyl groups is 1. The lowest BCUT2D eigenvalue weighted by molar-refractivity contribution is -0.140. The second-order valence-corrected chi connectivity index (χ2v) is 8.79. The summed E-state index contributed by atoms with van der Waals surface area (Å²) in [5.41, 5.74) is 1.94. The highest BCUT2D eigenvalue weighted by Crippen LogP contribution is 2.41. The van der Waals surface area contributed by atoms with Crippen LogP contribution in [0.2, 0.25) is 5.02 Å². The molecule has 174 valence electrons. The largest absolute Gasteiger partial charge is 0.507 e. The van der Waals surface area contributed by atoms with Gasteiger partial charge < -0.3 is 14.7 Å². The van der Waals surface area contributed by atoms with Crippen LogP contribution >= 0.6 is 11.6 Å². The van der Waals surface area contributed by atoms with E-state index in [2.05, 4.69) is 0 Å². The Labute approximate surface area is 207 Å². The smallest absolute Gasteiger partial charge is 0.295 e. The van der Waals surface area contributed by atoms with E-state index in [0.717, 1.165) is 16.3 Å². The lowest BCUT2D eigenvalue weighted by atomic mass is 9.94. The minimum absolute atomic E-state index is 0.0440. The Kier molecular flexibility index (Phi) is 6.01. The van der Waals surface area contributed by atoms with Gasteiger partial charge in [0, 0.05) is 16.1 Å². The van der Waals surface area contributed by atoms with Crippen LogP contribution in [0.4, 0.5) is 0 Å². The molecule has 1 unspecified atom stereocenters. The van der Waals surface area contributed by atoms with Crippen LogP contribution in [0.15, 0.2) is 96.6 Å². The molecule has 0 saturated carbocycles. The SMILES string of the molecule is COc1ccccc1CN1C(=O)C(=O)/C(=C(\O)c2ccc3ccccc3c2)C1c1ccc(Cl)cc1. The number of likely N-dealkylation sites (tertiary alicyclic amines) is 1. The number of Topliss-reactive ketones (excluding diaryl/α,β-unsaturated/α-hetero) is 1. The maximum atomic E-state index is 13.3. The molecule has 1 atom stereocenters. The number of halogens is 1. The molecular formula is C29H22ClNO4. The van der Waals surface area contributed by atoms with Gasteiger partial charge in [0.15, 0.2) is 0 Å². The number of ketones is 1. The predicted molar refractivity (Wildman–Crippen MR) is 136 cm³/mol. The molecule has 5 nitrogen and oxygen atoms in total. The highest BCUT2D eigenvalue weighted by molar-refractivity contribution is 6.46. The predicted octanol–water partition coefficient (Wildman–Crippen LogP) is 6.12. The molecule has 1 amide bonds. The van der Waals surface area contributed by atoms with Crippen LogP contribution in [0.3, 0.4) is 0 Å². The lowest BCUT2D eigenvalue weighted by Crippen LogP contribution is -2.29. The van der Waals surface area contributed by atoms with Gasteiger partial charge in [-0.25, -0.2) is 0 Å². The van der Waals surface area contributed by atoms with Crippen molar-refractivity contribution in [3.05, 3.63) is 118 Å².